The van der Waals surface area contributed by atoms with Gasteiger partial charge in [0.2, 0.25) is 0 Å². The zero-order chi connectivity index (χ0) is 7.56. The third kappa shape index (κ3) is 1.31. The van der Waals surface area contributed by atoms with Crippen molar-refractivity contribution in [2.75, 3.05) is 7.11 Å². The standard InChI is InChI=1S/C6H9NO2S/c1-4-5(6(8)9-2)7-3-10-4/h3-5H,1-2H3/t4-,5-/m1/s1. The topological polar surface area (TPSA) is 38.7 Å². The molecule has 1 aliphatic heterocycles. The van der Waals surface area contributed by atoms with Gasteiger partial charge in [-0.3, -0.25) is 4.99 Å². The number of ether oxygens (including phenoxy) is 1. The first-order valence-corrected chi connectivity index (χ1v) is 3.95. The molecule has 56 valence electrons. The molecule has 10 heavy (non-hydrogen) atoms. The summed E-state index contributed by atoms with van der Waals surface area (Å²) in [5, 5.41) is 0.229. The molecule has 0 saturated carbocycles. The van der Waals surface area contributed by atoms with Crippen molar-refractivity contribution in [2.24, 2.45) is 4.99 Å². The Morgan fingerprint density at radius 3 is 2.90 bits per heavy atom. The summed E-state index contributed by atoms with van der Waals surface area (Å²) in [7, 11) is 1.38. The molecule has 1 rings (SSSR count). The summed E-state index contributed by atoms with van der Waals surface area (Å²) in [6.45, 7) is 1.96. The summed E-state index contributed by atoms with van der Waals surface area (Å²) in [6.07, 6.45) is 0. The summed E-state index contributed by atoms with van der Waals surface area (Å²) in [4.78, 5) is 14.8. The van der Waals surface area contributed by atoms with E-state index in [2.05, 4.69) is 9.73 Å². The van der Waals surface area contributed by atoms with E-state index in [1.807, 2.05) is 6.92 Å². The number of methoxy groups -OCH3 is 1. The Labute approximate surface area is 63.9 Å². The predicted octanol–water partition coefficient (Wildman–Crippen LogP) is 0.692. The second kappa shape index (κ2) is 3.05. The molecule has 1 aliphatic rings. The van der Waals surface area contributed by atoms with E-state index in [1.54, 1.807) is 17.3 Å². The van der Waals surface area contributed by atoms with Gasteiger partial charge in [0.1, 0.15) is 0 Å². The highest BCUT2D eigenvalue weighted by Crippen LogP contribution is 2.21. The molecule has 0 spiro atoms. The van der Waals surface area contributed by atoms with E-state index in [9.17, 15) is 4.79 Å². The van der Waals surface area contributed by atoms with Gasteiger partial charge in [0.15, 0.2) is 6.04 Å². The van der Waals surface area contributed by atoms with E-state index in [1.165, 1.54) is 7.11 Å². The SMILES string of the molecule is COC(=O)[C@@H]1N=CS[C@@H]1C. The number of hydrogen-bond donors (Lipinski definition) is 0. The van der Waals surface area contributed by atoms with Crippen LogP contribution in [-0.4, -0.2) is 29.9 Å². The van der Waals surface area contributed by atoms with Gasteiger partial charge in [-0.25, -0.2) is 4.79 Å². The molecule has 0 aliphatic carbocycles. The van der Waals surface area contributed by atoms with Gasteiger partial charge in [0.05, 0.1) is 12.7 Å². The normalized spacial score (nSPS) is 30.6. The van der Waals surface area contributed by atoms with Crippen molar-refractivity contribution in [1.29, 1.82) is 0 Å². The maximum absolute atomic E-state index is 10.9. The fraction of sp³-hybridized carbons (Fsp3) is 0.667. The zero-order valence-corrected chi connectivity index (χ0v) is 6.72. The molecular formula is C6H9NO2S. The van der Waals surface area contributed by atoms with Crippen molar-refractivity contribution in [1.82, 2.24) is 0 Å². The van der Waals surface area contributed by atoms with Crippen LogP contribution in [0.25, 0.3) is 0 Å². The Morgan fingerprint density at radius 2 is 2.50 bits per heavy atom. The number of hydrogen-bond acceptors (Lipinski definition) is 4. The summed E-state index contributed by atoms with van der Waals surface area (Å²) in [6, 6.07) is -0.282. The largest absolute Gasteiger partial charge is 0.467 e. The van der Waals surface area contributed by atoms with Gasteiger partial charge < -0.3 is 4.74 Å². The van der Waals surface area contributed by atoms with Crippen molar-refractivity contribution in [3.8, 4) is 0 Å². The minimum absolute atomic E-state index is 0.229. The quantitative estimate of drug-likeness (QED) is 0.528. The fourth-order valence-electron chi connectivity index (χ4n) is 0.766. The first kappa shape index (κ1) is 7.60. The van der Waals surface area contributed by atoms with Crippen LogP contribution in [-0.2, 0) is 9.53 Å². The maximum Gasteiger partial charge on any atom is 0.331 e. The van der Waals surface area contributed by atoms with Crippen molar-refractivity contribution >= 4 is 23.3 Å². The number of carbonyl (C=O) groups excluding carboxylic acids is 1. The van der Waals surface area contributed by atoms with Gasteiger partial charge in [-0.15, -0.1) is 11.8 Å². The molecule has 3 nitrogen and oxygen atoms in total. The average molecular weight is 159 g/mol. The maximum atomic E-state index is 10.9. The minimum Gasteiger partial charge on any atom is -0.467 e. The molecule has 0 saturated heterocycles. The first-order valence-electron chi connectivity index (χ1n) is 3.00. The number of esters is 1. The molecule has 0 unspecified atom stereocenters. The minimum atomic E-state index is -0.282. The summed E-state index contributed by atoms with van der Waals surface area (Å²) in [5.41, 5.74) is 1.70. The highest BCUT2D eigenvalue weighted by molar-refractivity contribution is 8.12. The first-order chi connectivity index (χ1) is 4.75. The Bertz CT molecular complexity index is 169. The van der Waals surface area contributed by atoms with Crippen LogP contribution >= 0.6 is 11.8 Å². The second-order valence-electron chi connectivity index (χ2n) is 2.06. The third-order valence-corrected chi connectivity index (χ3v) is 2.31. The Kier molecular flexibility index (Phi) is 2.32. The number of aliphatic imine (C=N–C) groups is 1. The van der Waals surface area contributed by atoms with Crippen molar-refractivity contribution in [3.05, 3.63) is 0 Å². The van der Waals surface area contributed by atoms with E-state index in [-0.39, 0.29) is 17.3 Å². The van der Waals surface area contributed by atoms with Crippen LogP contribution in [0.3, 0.4) is 0 Å². The van der Waals surface area contributed by atoms with Gasteiger partial charge in [0, 0.05) is 5.25 Å². The molecule has 0 radical (unpaired) electrons. The van der Waals surface area contributed by atoms with Gasteiger partial charge in [-0.2, -0.15) is 0 Å². The predicted molar refractivity (Wildman–Crippen MR) is 41.3 cm³/mol. The summed E-state index contributed by atoms with van der Waals surface area (Å²) >= 11 is 1.56. The molecule has 0 amide bonds. The van der Waals surface area contributed by atoms with E-state index in [0.29, 0.717) is 0 Å². The number of rotatable bonds is 1. The van der Waals surface area contributed by atoms with Crippen LogP contribution in [0.15, 0.2) is 4.99 Å². The van der Waals surface area contributed by atoms with Gasteiger partial charge in [-0.1, -0.05) is 6.92 Å². The molecular weight excluding hydrogens is 150 g/mol. The molecule has 4 heteroatoms. The monoisotopic (exact) mass is 159 g/mol. The Balaban J connectivity index is 2.55. The molecule has 1 heterocycles. The van der Waals surface area contributed by atoms with Crippen LogP contribution in [0.5, 0.6) is 0 Å². The molecule has 0 bridgehead atoms. The van der Waals surface area contributed by atoms with Gasteiger partial charge in [0.25, 0.3) is 0 Å². The number of thioether (sulfide) groups is 1. The van der Waals surface area contributed by atoms with Crippen molar-refractivity contribution < 1.29 is 9.53 Å². The second-order valence-corrected chi connectivity index (χ2v) is 3.29. The zero-order valence-electron chi connectivity index (χ0n) is 5.90. The average Bonchev–Trinajstić information content (AvgIpc) is 2.34. The van der Waals surface area contributed by atoms with E-state index in [4.69, 9.17) is 0 Å². The van der Waals surface area contributed by atoms with E-state index >= 15 is 0 Å². The van der Waals surface area contributed by atoms with Crippen molar-refractivity contribution in [2.45, 2.75) is 18.2 Å². The lowest BCUT2D eigenvalue weighted by Gasteiger charge is -2.08. The van der Waals surface area contributed by atoms with Crippen LogP contribution in [0.4, 0.5) is 0 Å². The molecule has 0 aromatic carbocycles. The lowest BCUT2D eigenvalue weighted by atomic mass is 10.2. The summed E-state index contributed by atoms with van der Waals surface area (Å²) < 4.78 is 4.54. The van der Waals surface area contributed by atoms with E-state index in [0.717, 1.165) is 0 Å². The molecule has 0 fully saturated rings. The van der Waals surface area contributed by atoms with Crippen LogP contribution < -0.4 is 0 Å². The highest BCUT2D eigenvalue weighted by atomic mass is 32.2. The molecule has 2 atom stereocenters. The van der Waals surface area contributed by atoms with Crippen LogP contribution in [0.2, 0.25) is 0 Å². The summed E-state index contributed by atoms with van der Waals surface area (Å²) in [5.74, 6) is -0.242. The number of carbonyl (C=O) groups is 1. The highest BCUT2D eigenvalue weighted by Gasteiger charge is 2.28. The van der Waals surface area contributed by atoms with Crippen LogP contribution in [0, 0.1) is 0 Å². The Morgan fingerprint density at radius 1 is 1.80 bits per heavy atom. The molecule has 0 N–H and O–H groups in total. The third-order valence-electron chi connectivity index (χ3n) is 1.38. The lowest BCUT2D eigenvalue weighted by Crippen LogP contribution is -2.26. The molecule has 0 aromatic rings. The Hall–Kier alpha value is -0.510. The van der Waals surface area contributed by atoms with E-state index < -0.39 is 0 Å². The van der Waals surface area contributed by atoms with Crippen molar-refractivity contribution in [3.63, 3.8) is 0 Å². The van der Waals surface area contributed by atoms with Crippen LogP contribution in [0.1, 0.15) is 6.92 Å². The van der Waals surface area contributed by atoms with Gasteiger partial charge in [-0.05, 0) is 0 Å². The van der Waals surface area contributed by atoms with Gasteiger partial charge >= 0.3 is 5.97 Å². The lowest BCUT2D eigenvalue weighted by molar-refractivity contribution is -0.141. The molecule has 0 aromatic heterocycles. The fourth-order valence-corrected chi connectivity index (χ4v) is 1.49. The number of nitrogens with zero attached hydrogens (tertiary/aromatic N) is 1. The smallest absolute Gasteiger partial charge is 0.331 e.